The van der Waals surface area contributed by atoms with Crippen molar-refractivity contribution in [3.05, 3.63) is 46.1 Å². The molecule has 2 heterocycles. The fourth-order valence-corrected chi connectivity index (χ4v) is 2.92. The number of imidazole rings is 1. The maximum absolute atomic E-state index is 12.3. The fourth-order valence-electron chi connectivity index (χ4n) is 2.36. The summed E-state index contributed by atoms with van der Waals surface area (Å²) in [6, 6.07) is 4.38. The minimum absolute atomic E-state index is 0.0191. The number of nitrogens with two attached hydrogens (primary N) is 1. The number of rotatable bonds is 2. The van der Waals surface area contributed by atoms with Gasteiger partial charge in [-0.05, 0) is 30.2 Å². The second-order valence-corrected chi connectivity index (χ2v) is 6.26. The Balaban J connectivity index is 1.98. The molecule has 3 rings (SSSR count). The van der Waals surface area contributed by atoms with Gasteiger partial charge in [-0.3, -0.25) is 4.79 Å². The molecule has 0 saturated heterocycles. The van der Waals surface area contributed by atoms with Gasteiger partial charge in [0.25, 0.3) is 5.91 Å². The van der Waals surface area contributed by atoms with E-state index in [-0.39, 0.29) is 16.5 Å². The van der Waals surface area contributed by atoms with E-state index in [4.69, 9.17) is 5.14 Å². The molecule has 2 aromatic rings. The number of H-pyrrole nitrogens is 2. The molecule has 1 amide bonds. The first-order valence-electron chi connectivity index (χ1n) is 6.11. The number of aromatic nitrogens is 2. The van der Waals surface area contributed by atoms with Crippen LogP contribution in [0.3, 0.4) is 0 Å². The second kappa shape index (κ2) is 4.57. The lowest BCUT2D eigenvalue weighted by atomic mass is 10.2. The van der Waals surface area contributed by atoms with Crippen molar-refractivity contribution in [3.63, 3.8) is 0 Å². The molecular weight excluding hydrogens is 296 g/mol. The summed E-state index contributed by atoms with van der Waals surface area (Å²) in [6.45, 7) is 0.412. The van der Waals surface area contributed by atoms with Gasteiger partial charge in [0.15, 0.2) is 0 Å². The quantitative estimate of drug-likeness (QED) is 0.694. The Bertz CT molecular complexity index is 881. The first-order chi connectivity index (χ1) is 9.86. The number of carbonyl (C=O) groups excluding carboxylic acids is 1. The SMILES string of the molecule is NS(=O)(=O)c1ccc2c(c1)CCN2C(=O)c1c[nH]c(=O)[nH]1. The Morgan fingerprint density at radius 1 is 1.33 bits per heavy atom. The molecule has 1 aliphatic rings. The molecular formula is C12H12N4O4S. The molecule has 0 radical (unpaired) electrons. The summed E-state index contributed by atoms with van der Waals surface area (Å²) < 4.78 is 22.7. The summed E-state index contributed by atoms with van der Waals surface area (Å²) in [5.41, 5.74) is 1.05. The van der Waals surface area contributed by atoms with Gasteiger partial charge in [-0.15, -0.1) is 0 Å². The average molecular weight is 308 g/mol. The van der Waals surface area contributed by atoms with Gasteiger partial charge in [-0.2, -0.15) is 0 Å². The minimum atomic E-state index is -3.77. The lowest BCUT2D eigenvalue weighted by Gasteiger charge is -2.16. The van der Waals surface area contributed by atoms with Crippen molar-refractivity contribution in [3.8, 4) is 0 Å². The molecule has 0 spiro atoms. The van der Waals surface area contributed by atoms with E-state index in [0.717, 1.165) is 5.56 Å². The van der Waals surface area contributed by atoms with E-state index in [1.54, 1.807) is 6.07 Å². The summed E-state index contributed by atoms with van der Waals surface area (Å²) >= 11 is 0. The molecule has 0 saturated carbocycles. The topological polar surface area (TPSA) is 129 Å². The number of fused-ring (bicyclic) bond motifs is 1. The molecule has 21 heavy (non-hydrogen) atoms. The zero-order valence-electron chi connectivity index (χ0n) is 10.8. The van der Waals surface area contributed by atoms with Gasteiger partial charge in [0.05, 0.1) is 4.90 Å². The highest BCUT2D eigenvalue weighted by molar-refractivity contribution is 7.89. The number of carbonyl (C=O) groups is 1. The van der Waals surface area contributed by atoms with Crippen LogP contribution in [0, 0.1) is 0 Å². The van der Waals surface area contributed by atoms with E-state index in [1.165, 1.54) is 23.2 Å². The third-order valence-corrected chi connectivity index (χ3v) is 4.26. The molecule has 0 bridgehead atoms. The Kier molecular flexibility index (Phi) is 2.96. The number of aromatic amines is 2. The van der Waals surface area contributed by atoms with Crippen molar-refractivity contribution in [2.24, 2.45) is 5.14 Å². The van der Waals surface area contributed by atoms with Gasteiger partial charge >= 0.3 is 5.69 Å². The molecule has 9 heteroatoms. The third kappa shape index (κ3) is 2.36. The predicted octanol–water partition coefficient (Wildman–Crippen LogP) is -0.447. The van der Waals surface area contributed by atoms with E-state index < -0.39 is 15.7 Å². The van der Waals surface area contributed by atoms with Crippen molar-refractivity contribution < 1.29 is 13.2 Å². The van der Waals surface area contributed by atoms with Crippen LogP contribution in [0.15, 0.2) is 34.1 Å². The molecule has 0 aliphatic carbocycles. The fraction of sp³-hybridized carbons (Fsp3) is 0.167. The van der Waals surface area contributed by atoms with Crippen LogP contribution in [0.2, 0.25) is 0 Å². The molecule has 110 valence electrons. The largest absolute Gasteiger partial charge is 0.323 e. The number of nitrogens with one attached hydrogen (secondary N) is 2. The van der Waals surface area contributed by atoms with Crippen LogP contribution in [0.25, 0.3) is 0 Å². The van der Waals surface area contributed by atoms with Crippen molar-refractivity contribution >= 4 is 21.6 Å². The maximum Gasteiger partial charge on any atom is 0.323 e. The molecule has 1 aliphatic heterocycles. The molecule has 4 N–H and O–H groups in total. The molecule has 1 aromatic carbocycles. The zero-order chi connectivity index (χ0) is 15.2. The molecule has 1 aromatic heterocycles. The molecule has 0 unspecified atom stereocenters. The summed E-state index contributed by atoms with van der Waals surface area (Å²) in [5.74, 6) is -0.351. The summed E-state index contributed by atoms with van der Waals surface area (Å²) in [4.78, 5) is 29.6. The highest BCUT2D eigenvalue weighted by Crippen LogP contribution is 2.30. The normalized spacial score (nSPS) is 14.2. The smallest absolute Gasteiger partial charge is 0.312 e. The highest BCUT2D eigenvalue weighted by Gasteiger charge is 2.27. The Morgan fingerprint density at radius 3 is 2.71 bits per heavy atom. The zero-order valence-corrected chi connectivity index (χ0v) is 11.6. The first-order valence-corrected chi connectivity index (χ1v) is 7.66. The van der Waals surface area contributed by atoms with Crippen LogP contribution in [0.1, 0.15) is 16.1 Å². The van der Waals surface area contributed by atoms with Crippen LogP contribution in [-0.4, -0.2) is 30.8 Å². The van der Waals surface area contributed by atoms with Gasteiger partial charge in [-0.25, -0.2) is 18.4 Å². The molecule has 8 nitrogen and oxygen atoms in total. The van der Waals surface area contributed by atoms with E-state index in [0.29, 0.717) is 18.7 Å². The van der Waals surface area contributed by atoms with Crippen molar-refractivity contribution in [1.82, 2.24) is 9.97 Å². The van der Waals surface area contributed by atoms with Gasteiger partial charge in [0, 0.05) is 18.4 Å². The lowest BCUT2D eigenvalue weighted by molar-refractivity contribution is 0.0985. The van der Waals surface area contributed by atoms with Gasteiger partial charge in [0.2, 0.25) is 10.0 Å². The number of nitrogens with zero attached hydrogens (tertiary/aromatic N) is 1. The number of sulfonamides is 1. The van der Waals surface area contributed by atoms with Gasteiger partial charge < -0.3 is 14.9 Å². The highest BCUT2D eigenvalue weighted by atomic mass is 32.2. The summed E-state index contributed by atoms with van der Waals surface area (Å²) in [6.07, 6.45) is 1.83. The van der Waals surface area contributed by atoms with Crippen molar-refractivity contribution in [1.29, 1.82) is 0 Å². The van der Waals surface area contributed by atoms with Crippen molar-refractivity contribution in [2.45, 2.75) is 11.3 Å². The van der Waals surface area contributed by atoms with E-state index in [2.05, 4.69) is 9.97 Å². The number of primary sulfonamides is 1. The Labute approximate surface area is 119 Å². The number of benzene rings is 1. The van der Waals surface area contributed by atoms with Gasteiger partial charge in [0.1, 0.15) is 5.69 Å². The minimum Gasteiger partial charge on any atom is -0.312 e. The molecule has 0 fully saturated rings. The molecule has 0 atom stereocenters. The maximum atomic E-state index is 12.3. The number of hydrogen-bond donors (Lipinski definition) is 3. The van der Waals surface area contributed by atoms with Crippen LogP contribution in [0.4, 0.5) is 5.69 Å². The van der Waals surface area contributed by atoms with Crippen LogP contribution >= 0.6 is 0 Å². The monoisotopic (exact) mass is 308 g/mol. The lowest BCUT2D eigenvalue weighted by Crippen LogP contribution is -2.29. The number of amides is 1. The Morgan fingerprint density at radius 2 is 2.10 bits per heavy atom. The van der Waals surface area contributed by atoms with Gasteiger partial charge in [-0.1, -0.05) is 0 Å². The average Bonchev–Trinajstić information content (AvgIpc) is 3.02. The van der Waals surface area contributed by atoms with Crippen LogP contribution < -0.4 is 15.7 Å². The van der Waals surface area contributed by atoms with Crippen LogP contribution in [0.5, 0.6) is 0 Å². The van der Waals surface area contributed by atoms with E-state index in [9.17, 15) is 18.0 Å². The second-order valence-electron chi connectivity index (χ2n) is 4.70. The van der Waals surface area contributed by atoms with E-state index in [1.807, 2.05) is 0 Å². The third-order valence-electron chi connectivity index (χ3n) is 3.35. The van der Waals surface area contributed by atoms with E-state index >= 15 is 0 Å². The van der Waals surface area contributed by atoms with Crippen molar-refractivity contribution in [2.75, 3.05) is 11.4 Å². The summed E-state index contributed by atoms with van der Waals surface area (Å²) in [5, 5.41) is 5.09. The Hall–Kier alpha value is -2.39. The predicted molar refractivity (Wildman–Crippen MR) is 74.6 cm³/mol. The summed E-state index contributed by atoms with van der Waals surface area (Å²) in [7, 11) is -3.77. The number of anilines is 1. The standard InChI is InChI=1S/C12H12N4O4S/c13-21(19,20)8-1-2-10-7(5-8)3-4-16(10)11(17)9-6-14-12(18)15-9/h1-2,5-6H,3-4H2,(H2,13,19,20)(H2,14,15,18). The first kappa shape index (κ1) is 13.6. The van der Waals surface area contributed by atoms with Crippen LogP contribution in [-0.2, 0) is 16.4 Å². The number of hydrogen-bond acceptors (Lipinski definition) is 4.